The summed E-state index contributed by atoms with van der Waals surface area (Å²) in [6.07, 6.45) is 0. The quantitative estimate of drug-likeness (QED) is 0.882. The second kappa shape index (κ2) is 7.02. The van der Waals surface area contributed by atoms with Crippen LogP contribution in [0.4, 0.5) is 0 Å². The monoisotopic (exact) mass is 299 g/mol. The molecule has 0 atom stereocenters. The van der Waals surface area contributed by atoms with E-state index < -0.39 is 0 Å². The van der Waals surface area contributed by atoms with E-state index in [0.29, 0.717) is 18.7 Å². The first-order valence-electron chi connectivity index (χ1n) is 6.54. The van der Waals surface area contributed by atoms with Crippen LogP contribution in [0.3, 0.4) is 0 Å². The van der Waals surface area contributed by atoms with Gasteiger partial charge in [-0.1, -0.05) is 17.9 Å². The van der Waals surface area contributed by atoms with Gasteiger partial charge in [0, 0.05) is 23.6 Å². The van der Waals surface area contributed by atoms with Gasteiger partial charge in [-0.2, -0.15) is 0 Å². The van der Waals surface area contributed by atoms with E-state index in [-0.39, 0.29) is 5.91 Å². The molecular formula is C16H17N3OS. The van der Waals surface area contributed by atoms with Crippen molar-refractivity contribution in [2.75, 3.05) is 13.6 Å². The summed E-state index contributed by atoms with van der Waals surface area (Å²) >= 11 is 1.52. The van der Waals surface area contributed by atoms with Crippen molar-refractivity contribution < 1.29 is 4.79 Å². The van der Waals surface area contributed by atoms with Gasteiger partial charge in [0.15, 0.2) is 0 Å². The van der Waals surface area contributed by atoms with E-state index in [1.807, 2.05) is 30.5 Å². The average molecular weight is 299 g/mol. The van der Waals surface area contributed by atoms with Crippen LogP contribution in [-0.2, 0) is 6.54 Å². The lowest BCUT2D eigenvalue weighted by molar-refractivity contribution is 0.0783. The maximum absolute atomic E-state index is 12.4. The first-order chi connectivity index (χ1) is 10.1. The van der Waals surface area contributed by atoms with Gasteiger partial charge in [0.1, 0.15) is 0 Å². The molecule has 5 heteroatoms. The second-order valence-electron chi connectivity index (χ2n) is 4.68. The Morgan fingerprint density at radius 1 is 1.48 bits per heavy atom. The summed E-state index contributed by atoms with van der Waals surface area (Å²) in [5.74, 6) is 5.77. The van der Waals surface area contributed by atoms with Gasteiger partial charge in [-0.25, -0.2) is 4.98 Å². The number of hydrogen-bond donors (Lipinski definition) is 1. The lowest BCUT2D eigenvalue weighted by Gasteiger charge is -2.16. The maximum atomic E-state index is 12.4. The number of thiazole rings is 1. The molecule has 108 valence electrons. The van der Waals surface area contributed by atoms with E-state index in [1.54, 1.807) is 17.5 Å². The third-order valence-electron chi connectivity index (χ3n) is 3.04. The lowest BCUT2D eigenvalue weighted by atomic mass is 10.0. The van der Waals surface area contributed by atoms with E-state index in [0.717, 1.165) is 16.8 Å². The number of amides is 1. The van der Waals surface area contributed by atoms with Crippen molar-refractivity contribution in [1.82, 2.24) is 9.88 Å². The van der Waals surface area contributed by atoms with E-state index in [1.165, 1.54) is 11.3 Å². The molecule has 1 aromatic carbocycles. The molecule has 1 amide bonds. The summed E-state index contributed by atoms with van der Waals surface area (Å²) in [5, 5.41) is 1.94. The number of aryl methyl sites for hydroxylation is 1. The fourth-order valence-electron chi connectivity index (χ4n) is 1.89. The molecule has 4 nitrogen and oxygen atoms in total. The number of hydrogen-bond acceptors (Lipinski definition) is 4. The standard InChI is InChI=1S/C16H17N3OS/c1-12-5-6-14(8-13(12)4-3-7-17)16(20)19(2)9-15-10-21-11-18-15/h5-6,8,10-11H,7,9,17H2,1-2H3. The minimum atomic E-state index is -0.0428. The molecule has 0 unspecified atom stereocenters. The van der Waals surface area contributed by atoms with Gasteiger partial charge < -0.3 is 10.6 Å². The zero-order chi connectivity index (χ0) is 15.2. The zero-order valence-electron chi connectivity index (χ0n) is 12.1. The molecule has 0 aliphatic carbocycles. The predicted molar refractivity (Wildman–Crippen MR) is 85.0 cm³/mol. The Morgan fingerprint density at radius 2 is 2.29 bits per heavy atom. The summed E-state index contributed by atoms with van der Waals surface area (Å²) in [5.41, 5.74) is 10.6. The molecule has 2 rings (SSSR count). The van der Waals surface area contributed by atoms with Crippen molar-refractivity contribution in [3.05, 3.63) is 51.5 Å². The van der Waals surface area contributed by atoms with Gasteiger partial charge in [-0.3, -0.25) is 4.79 Å². The van der Waals surface area contributed by atoms with E-state index >= 15 is 0 Å². The smallest absolute Gasteiger partial charge is 0.253 e. The lowest BCUT2D eigenvalue weighted by Crippen LogP contribution is -2.26. The normalized spacial score (nSPS) is 9.86. The van der Waals surface area contributed by atoms with Gasteiger partial charge in [-0.15, -0.1) is 11.3 Å². The molecule has 2 N–H and O–H groups in total. The molecule has 1 heterocycles. The molecule has 0 aliphatic rings. The highest BCUT2D eigenvalue weighted by molar-refractivity contribution is 7.07. The largest absolute Gasteiger partial charge is 0.336 e. The minimum Gasteiger partial charge on any atom is -0.336 e. The van der Waals surface area contributed by atoms with E-state index in [2.05, 4.69) is 16.8 Å². The molecule has 21 heavy (non-hydrogen) atoms. The Balaban J connectivity index is 2.18. The third-order valence-corrected chi connectivity index (χ3v) is 3.67. The van der Waals surface area contributed by atoms with E-state index in [9.17, 15) is 4.79 Å². The van der Waals surface area contributed by atoms with Crippen molar-refractivity contribution in [3.8, 4) is 11.8 Å². The summed E-state index contributed by atoms with van der Waals surface area (Å²) in [6, 6.07) is 5.55. The van der Waals surface area contributed by atoms with Crippen molar-refractivity contribution in [2.45, 2.75) is 13.5 Å². The fraction of sp³-hybridized carbons (Fsp3) is 0.250. The second-order valence-corrected chi connectivity index (χ2v) is 5.40. The molecule has 0 radical (unpaired) electrons. The first-order valence-corrected chi connectivity index (χ1v) is 7.48. The van der Waals surface area contributed by atoms with Crippen LogP contribution in [0.25, 0.3) is 0 Å². The third kappa shape index (κ3) is 3.91. The number of aromatic nitrogens is 1. The summed E-state index contributed by atoms with van der Waals surface area (Å²) in [7, 11) is 1.77. The molecule has 0 saturated carbocycles. The molecule has 0 bridgehead atoms. The zero-order valence-corrected chi connectivity index (χ0v) is 12.9. The Hall–Kier alpha value is -2.16. The maximum Gasteiger partial charge on any atom is 0.253 e. The molecule has 2 aromatic rings. The van der Waals surface area contributed by atoms with Crippen LogP contribution >= 0.6 is 11.3 Å². The highest BCUT2D eigenvalue weighted by Crippen LogP contribution is 2.13. The van der Waals surface area contributed by atoms with Crippen molar-refractivity contribution in [3.63, 3.8) is 0 Å². The van der Waals surface area contributed by atoms with Crippen LogP contribution in [0, 0.1) is 18.8 Å². The number of carbonyl (C=O) groups is 1. The number of rotatable bonds is 3. The molecule has 1 aromatic heterocycles. The van der Waals surface area contributed by atoms with E-state index in [4.69, 9.17) is 5.73 Å². The van der Waals surface area contributed by atoms with Crippen LogP contribution in [0.2, 0.25) is 0 Å². The van der Waals surface area contributed by atoms with Gasteiger partial charge >= 0.3 is 0 Å². The molecule has 0 spiro atoms. The summed E-state index contributed by atoms with van der Waals surface area (Å²) in [4.78, 5) is 18.3. The van der Waals surface area contributed by atoms with Gasteiger partial charge in [0.05, 0.1) is 24.3 Å². The highest BCUT2D eigenvalue weighted by atomic mass is 32.1. The molecular weight excluding hydrogens is 282 g/mol. The van der Waals surface area contributed by atoms with Crippen LogP contribution < -0.4 is 5.73 Å². The Bertz CT molecular complexity index is 683. The Labute approximate surface area is 128 Å². The van der Waals surface area contributed by atoms with Gasteiger partial charge in [0.2, 0.25) is 0 Å². The van der Waals surface area contributed by atoms with Crippen LogP contribution in [-0.4, -0.2) is 29.4 Å². The Morgan fingerprint density at radius 3 is 2.95 bits per heavy atom. The topological polar surface area (TPSA) is 59.2 Å². The number of carbonyl (C=O) groups excluding carboxylic acids is 1. The molecule has 0 aliphatic heterocycles. The average Bonchev–Trinajstić information content (AvgIpc) is 2.98. The molecule has 0 saturated heterocycles. The first kappa shape index (κ1) is 15.2. The SMILES string of the molecule is Cc1ccc(C(=O)N(C)Cc2cscn2)cc1C#CCN. The summed E-state index contributed by atoms with van der Waals surface area (Å²) < 4.78 is 0. The predicted octanol–water partition coefficient (Wildman–Crippen LogP) is 2.03. The van der Waals surface area contributed by atoms with Gasteiger partial charge in [-0.05, 0) is 24.6 Å². The van der Waals surface area contributed by atoms with Crippen molar-refractivity contribution in [1.29, 1.82) is 0 Å². The van der Waals surface area contributed by atoms with Crippen LogP contribution in [0.5, 0.6) is 0 Å². The number of nitrogens with two attached hydrogens (primary N) is 1. The molecule has 0 fully saturated rings. The van der Waals surface area contributed by atoms with Crippen LogP contribution in [0.1, 0.15) is 27.2 Å². The number of benzene rings is 1. The van der Waals surface area contributed by atoms with Gasteiger partial charge in [0.25, 0.3) is 5.91 Å². The summed E-state index contributed by atoms with van der Waals surface area (Å²) in [6.45, 7) is 2.77. The van der Waals surface area contributed by atoms with Crippen molar-refractivity contribution in [2.24, 2.45) is 5.73 Å². The highest BCUT2D eigenvalue weighted by Gasteiger charge is 2.13. The van der Waals surface area contributed by atoms with Crippen molar-refractivity contribution >= 4 is 17.2 Å². The van der Waals surface area contributed by atoms with Crippen LogP contribution in [0.15, 0.2) is 29.1 Å². The number of nitrogens with zero attached hydrogens (tertiary/aromatic N) is 2. The minimum absolute atomic E-state index is 0.0428. The fourth-order valence-corrected chi connectivity index (χ4v) is 2.44. The Kier molecular flexibility index (Phi) is 5.09.